The first-order valence-electron chi connectivity index (χ1n) is 4.87. The van der Waals surface area contributed by atoms with Crippen LogP contribution in [0, 0.1) is 5.82 Å². The highest BCUT2D eigenvalue weighted by molar-refractivity contribution is 5.32. The smallest absolute Gasteiger partial charge is 0.223 e. The minimum Gasteiger partial charge on any atom is -0.439 e. The number of ether oxygens (including phenoxy) is 1. The quantitative estimate of drug-likeness (QED) is 0.860. The van der Waals surface area contributed by atoms with E-state index in [4.69, 9.17) is 10.5 Å². The van der Waals surface area contributed by atoms with E-state index in [1.165, 1.54) is 12.1 Å². The summed E-state index contributed by atoms with van der Waals surface area (Å²) in [7, 11) is 0. The number of halogens is 1. The molecule has 0 aliphatic carbocycles. The van der Waals surface area contributed by atoms with Crippen LogP contribution in [0.1, 0.15) is 5.56 Å². The number of pyridine rings is 1. The average Bonchev–Trinajstić information content (AvgIpc) is 2.30. The van der Waals surface area contributed by atoms with Crippen LogP contribution < -0.4 is 10.5 Å². The number of rotatable bonds is 3. The van der Waals surface area contributed by atoms with Gasteiger partial charge in [-0.05, 0) is 18.2 Å². The molecule has 0 amide bonds. The molecule has 2 N–H and O–H groups in total. The summed E-state index contributed by atoms with van der Waals surface area (Å²) in [6.07, 6.45) is 1.60. The largest absolute Gasteiger partial charge is 0.439 e. The molecule has 3 nitrogen and oxygen atoms in total. The highest BCUT2D eigenvalue weighted by atomic mass is 19.1. The highest BCUT2D eigenvalue weighted by Gasteiger charge is 2.04. The van der Waals surface area contributed by atoms with Gasteiger partial charge in [0, 0.05) is 24.4 Å². The zero-order chi connectivity index (χ0) is 11.4. The minimum absolute atomic E-state index is 0.332. The fourth-order valence-corrected chi connectivity index (χ4v) is 1.31. The molecule has 0 aliphatic rings. The molecule has 0 spiro atoms. The SMILES string of the molecule is NCc1cccnc1Oc1cccc(F)c1. The van der Waals surface area contributed by atoms with Crippen molar-refractivity contribution in [2.24, 2.45) is 5.73 Å². The van der Waals surface area contributed by atoms with Gasteiger partial charge in [-0.25, -0.2) is 9.37 Å². The fourth-order valence-electron chi connectivity index (χ4n) is 1.31. The highest BCUT2D eigenvalue weighted by Crippen LogP contribution is 2.22. The number of benzene rings is 1. The molecule has 0 radical (unpaired) electrons. The first-order chi connectivity index (χ1) is 7.79. The molecule has 0 unspecified atom stereocenters. The Balaban J connectivity index is 2.26. The van der Waals surface area contributed by atoms with Crippen molar-refractivity contribution in [1.29, 1.82) is 0 Å². The first kappa shape index (κ1) is 10.6. The maximum absolute atomic E-state index is 12.9. The van der Waals surface area contributed by atoms with Gasteiger partial charge in [0.25, 0.3) is 0 Å². The lowest BCUT2D eigenvalue weighted by molar-refractivity contribution is 0.452. The number of hydrogen-bond acceptors (Lipinski definition) is 3. The van der Waals surface area contributed by atoms with Gasteiger partial charge in [0.2, 0.25) is 5.88 Å². The molecule has 0 aliphatic heterocycles. The van der Waals surface area contributed by atoms with Crippen molar-refractivity contribution in [3.63, 3.8) is 0 Å². The summed E-state index contributed by atoms with van der Waals surface area (Å²) in [6.45, 7) is 0.332. The van der Waals surface area contributed by atoms with Crippen molar-refractivity contribution in [2.45, 2.75) is 6.54 Å². The van der Waals surface area contributed by atoms with Crippen LogP contribution in [0.4, 0.5) is 4.39 Å². The molecule has 16 heavy (non-hydrogen) atoms. The summed E-state index contributed by atoms with van der Waals surface area (Å²) < 4.78 is 18.4. The van der Waals surface area contributed by atoms with Crippen LogP contribution in [0.15, 0.2) is 42.6 Å². The Hall–Kier alpha value is -1.94. The second kappa shape index (κ2) is 4.72. The summed E-state index contributed by atoms with van der Waals surface area (Å²) in [6, 6.07) is 9.50. The first-order valence-corrected chi connectivity index (χ1v) is 4.87. The minimum atomic E-state index is -0.345. The molecule has 1 heterocycles. The Bertz CT molecular complexity index is 488. The molecule has 0 saturated heterocycles. The lowest BCUT2D eigenvalue weighted by atomic mass is 10.3. The molecule has 0 saturated carbocycles. The number of nitrogens with two attached hydrogens (primary N) is 1. The average molecular weight is 218 g/mol. The summed E-state index contributed by atoms with van der Waals surface area (Å²) >= 11 is 0. The topological polar surface area (TPSA) is 48.1 Å². The summed E-state index contributed by atoms with van der Waals surface area (Å²) in [5, 5.41) is 0. The van der Waals surface area contributed by atoms with Crippen LogP contribution in [-0.2, 0) is 6.54 Å². The Kier molecular flexibility index (Phi) is 3.12. The van der Waals surface area contributed by atoms with Gasteiger partial charge in [0.05, 0.1) is 0 Å². The van der Waals surface area contributed by atoms with Gasteiger partial charge in [-0.3, -0.25) is 0 Å². The predicted molar refractivity (Wildman–Crippen MR) is 58.6 cm³/mol. The summed E-state index contributed by atoms with van der Waals surface area (Å²) in [5.41, 5.74) is 6.32. The maximum atomic E-state index is 12.9. The van der Waals surface area contributed by atoms with E-state index in [0.717, 1.165) is 5.56 Å². The second-order valence-electron chi connectivity index (χ2n) is 3.23. The maximum Gasteiger partial charge on any atom is 0.223 e. The number of aromatic nitrogens is 1. The molecule has 4 heteroatoms. The zero-order valence-electron chi connectivity index (χ0n) is 8.56. The van der Waals surface area contributed by atoms with E-state index in [1.807, 2.05) is 6.07 Å². The Morgan fingerprint density at radius 2 is 2.12 bits per heavy atom. The van der Waals surface area contributed by atoms with Gasteiger partial charge in [-0.15, -0.1) is 0 Å². The third-order valence-corrected chi connectivity index (χ3v) is 2.08. The van der Waals surface area contributed by atoms with Crippen molar-refractivity contribution in [2.75, 3.05) is 0 Å². The summed E-state index contributed by atoms with van der Waals surface area (Å²) in [4.78, 5) is 4.05. The van der Waals surface area contributed by atoms with Gasteiger partial charge < -0.3 is 10.5 Å². The van der Waals surface area contributed by atoms with E-state index in [2.05, 4.69) is 4.98 Å². The van der Waals surface area contributed by atoms with Crippen molar-refractivity contribution >= 4 is 0 Å². The van der Waals surface area contributed by atoms with Gasteiger partial charge in [0.1, 0.15) is 11.6 Å². The fraction of sp³-hybridized carbons (Fsp3) is 0.0833. The van der Waals surface area contributed by atoms with Crippen LogP contribution in [0.2, 0.25) is 0 Å². The van der Waals surface area contributed by atoms with E-state index in [0.29, 0.717) is 18.2 Å². The third kappa shape index (κ3) is 2.35. The van der Waals surface area contributed by atoms with Crippen molar-refractivity contribution in [3.8, 4) is 11.6 Å². The molecule has 2 aromatic rings. The van der Waals surface area contributed by atoms with Crippen LogP contribution >= 0.6 is 0 Å². The molecule has 82 valence electrons. The lowest BCUT2D eigenvalue weighted by Crippen LogP contribution is -2.00. The zero-order valence-corrected chi connectivity index (χ0v) is 8.56. The number of hydrogen-bond donors (Lipinski definition) is 1. The third-order valence-electron chi connectivity index (χ3n) is 2.08. The van der Waals surface area contributed by atoms with E-state index in [-0.39, 0.29) is 5.82 Å². The van der Waals surface area contributed by atoms with Crippen LogP contribution in [-0.4, -0.2) is 4.98 Å². The van der Waals surface area contributed by atoms with Gasteiger partial charge in [0.15, 0.2) is 0 Å². The molecule has 1 aromatic heterocycles. The van der Waals surface area contributed by atoms with E-state index in [1.54, 1.807) is 24.4 Å². The van der Waals surface area contributed by atoms with E-state index in [9.17, 15) is 4.39 Å². The predicted octanol–water partition coefficient (Wildman–Crippen LogP) is 2.47. The van der Waals surface area contributed by atoms with E-state index >= 15 is 0 Å². The van der Waals surface area contributed by atoms with E-state index < -0.39 is 0 Å². The molecular weight excluding hydrogens is 207 g/mol. The molecule has 0 bridgehead atoms. The van der Waals surface area contributed by atoms with Crippen LogP contribution in [0.25, 0.3) is 0 Å². The monoisotopic (exact) mass is 218 g/mol. The van der Waals surface area contributed by atoms with Crippen molar-refractivity contribution in [1.82, 2.24) is 4.98 Å². The Labute approximate surface area is 92.7 Å². The molecular formula is C12H11FN2O. The normalized spacial score (nSPS) is 10.1. The van der Waals surface area contributed by atoms with Gasteiger partial charge in [-0.1, -0.05) is 12.1 Å². The van der Waals surface area contributed by atoms with Crippen LogP contribution in [0.3, 0.4) is 0 Å². The summed E-state index contributed by atoms with van der Waals surface area (Å²) in [5.74, 6) is 0.478. The lowest BCUT2D eigenvalue weighted by Gasteiger charge is -2.07. The Morgan fingerprint density at radius 3 is 2.88 bits per heavy atom. The second-order valence-corrected chi connectivity index (χ2v) is 3.23. The Morgan fingerprint density at radius 1 is 1.25 bits per heavy atom. The standard InChI is InChI=1S/C12H11FN2O/c13-10-4-1-5-11(7-10)16-12-9(8-14)3-2-6-15-12/h1-7H,8,14H2. The van der Waals surface area contributed by atoms with Crippen molar-refractivity contribution < 1.29 is 9.13 Å². The van der Waals surface area contributed by atoms with Crippen molar-refractivity contribution in [3.05, 3.63) is 54.0 Å². The molecule has 2 rings (SSSR count). The molecule has 0 fully saturated rings. The molecule has 1 aromatic carbocycles. The van der Waals surface area contributed by atoms with Gasteiger partial charge in [-0.2, -0.15) is 0 Å². The molecule has 0 atom stereocenters. The van der Waals surface area contributed by atoms with Gasteiger partial charge >= 0.3 is 0 Å². The number of nitrogens with zero attached hydrogens (tertiary/aromatic N) is 1. The van der Waals surface area contributed by atoms with Crippen LogP contribution in [0.5, 0.6) is 11.6 Å².